The van der Waals surface area contributed by atoms with Gasteiger partial charge in [-0.25, -0.2) is 4.68 Å². The zero-order chi connectivity index (χ0) is 15.2. The fourth-order valence-corrected chi connectivity index (χ4v) is 2.55. The lowest BCUT2D eigenvalue weighted by Gasteiger charge is -2.08. The number of amides is 1. The molecule has 0 bridgehead atoms. The van der Waals surface area contributed by atoms with Gasteiger partial charge in [-0.1, -0.05) is 23.4 Å². The van der Waals surface area contributed by atoms with Gasteiger partial charge in [-0.3, -0.25) is 4.79 Å². The van der Waals surface area contributed by atoms with Crippen molar-refractivity contribution >= 4 is 40.6 Å². The summed E-state index contributed by atoms with van der Waals surface area (Å²) in [5, 5.41) is 15.1. The number of halogens is 1. The minimum atomic E-state index is -0.0966. The second-order valence-corrected chi connectivity index (χ2v) is 5.82. The van der Waals surface area contributed by atoms with Crippen molar-refractivity contribution in [2.75, 3.05) is 16.8 Å². The van der Waals surface area contributed by atoms with Crippen LogP contribution >= 0.6 is 23.4 Å². The van der Waals surface area contributed by atoms with E-state index >= 15 is 0 Å². The summed E-state index contributed by atoms with van der Waals surface area (Å²) >= 11 is 7.38. The number of carbonyl (C=O) groups is 1. The second kappa shape index (κ2) is 7.28. The molecule has 2 rings (SSSR count). The van der Waals surface area contributed by atoms with Crippen molar-refractivity contribution in [3.63, 3.8) is 0 Å². The molecule has 7 nitrogen and oxygen atoms in total. The summed E-state index contributed by atoms with van der Waals surface area (Å²) in [6.45, 7) is 0. The van der Waals surface area contributed by atoms with Gasteiger partial charge in [0.2, 0.25) is 11.1 Å². The standard InChI is InChI=1S/C12H15ClN6OS/c1-19-12(16-17-18-19)21-6-2-3-11(20)15-10-7-8(13)4-5-9(10)14/h4-5,7H,2-3,6,14H2,1H3,(H,15,20). The molecule has 0 radical (unpaired) electrons. The molecule has 0 aliphatic carbocycles. The minimum absolute atomic E-state index is 0.0966. The summed E-state index contributed by atoms with van der Waals surface area (Å²) in [6, 6.07) is 4.97. The van der Waals surface area contributed by atoms with E-state index < -0.39 is 0 Å². The number of aromatic nitrogens is 4. The zero-order valence-electron chi connectivity index (χ0n) is 11.4. The van der Waals surface area contributed by atoms with Gasteiger partial charge in [-0.15, -0.1) is 5.10 Å². The molecule has 0 atom stereocenters. The van der Waals surface area contributed by atoms with E-state index in [1.165, 1.54) is 11.8 Å². The number of carbonyl (C=O) groups excluding carboxylic acids is 1. The molecule has 112 valence electrons. The van der Waals surface area contributed by atoms with E-state index in [4.69, 9.17) is 17.3 Å². The fourth-order valence-electron chi connectivity index (χ4n) is 1.59. The molecule has 3 N–H and O–H groups in total. The summed E-state index contributed by atoms with van der Waals surface area (Å²) in [6.07, 6.45) is 1.11. The van der Waals surface area contributed by atoms with E-state index in [0.717, 1.165) is 10.9 Å². The Morgan fingerprint density at radius 3 is 3.05 bits per heavy atom. The molecule has 1 aromatic heterocycles. The van der Waals surface area contributed by atoms with Gasteiger partial charge in [0.05, 0.1) is 11.4 Å². The molecule has 0 aliphatic heterocycles. The number of nitrogens with two attached hydrogens (primary N) is 1. The van der Waals surface area contributed by atoms with E-state index in [9.17, 15) is 4.79 Å². The maximum atomic E-state index is 11.8. The van der Waals surface area contributed by atoms with Crippen LogP contribution < -0.4 is 11.1 Å². The van der Waals surface area contributed by atoms with Crippen LogP contribution in [0.1, 0.15) is 12.8 Å². The number of thioether (sulfide) groups is 1. The van der Waals surface area contributed by atoms with E-state index in [0.29, 0.717) is 29.2 Å². The first-order valence-electron chi connectivity index (χ1n) is 6.26. The van der Waals surface area contributed by atoms with Crippen molar-refractivity contribution in [2.45, 2.75) is 18.0 Å². The fraction of sp³-hybridized carbons (Fsp3) is 0.333. The van der Waals surface area contributed by atoms with Crippen molar-refractivity contribution in [1.29, 1.82) is 0 Å². The van der Waals surface area contributed by atoms with E-state index in [2.05, 4.69) is 20.8 Å². The molecule has 0 saturated carbocycles. The first-order chi connectivity index (χ1) is 10.1. The third-order valence-corrected chi connectivity index (χ3v) is 3.98. The first kappa shape index (κ1) is 15.6. The Morgan fingerprint density at radius 2 is 2.33 bits per heavy atom. The van der Waals surface area contributed by atoms with Crippen molar-refractivity contribution in [3.05, 3.63) is 23.2 Å². The normalized spacial score (nSPS) is 10.6. The molecular weight excluding hydrogens is 312 g/mol. The monoisotopic (exact) mass is 326 g/mol. The summed E-state index contributed by atoms with van der Waals surface area (Å²) in [7, 11) is 1.77. The van der Waals surface area contributed by atoms with Crippen molar-refractivity contribution in [3.8, 4) is 0 Å². The van der Waals surface area contributed by atoms with Gasteiger partial charge >= 0.3 is 0 Å². The highest BCUT2D eigenvalue weighted by molar-refractivity contribution is 7.99. The molecule has 9 heteroatoms. The Labute approximate surface area is 131 Å². The first-order valence-corrected chi connectivity index (χ1v) is 7.62. The van der Waals surface area contributed by atoms with Crippen molar-refractivity contribution < 1.29 is 4.79 Å². The predicted octanol–water partition coefficient (Wildman–Crippen LogP) is 1.96. The quantitative estimate of drug-likeness (QED) is 0.478. The van der Waals surface area contributed by atoms with Gasteiger partial charge in [-0.05, 0) is 35.0 Å². The lowest BCUT2D eigenvalue weighted by atomic mass is 10.2. The number of nitrogens with zero attached hydrogens (tertiary/aromatic N) is 4. The van der Waals surface area contributed by atoms with Crippen LogP contribution in [0.25, 0.3) is 0 Å². The summed E-state index contributed by atoms with van der Waals surface area (Å²) in [4.78, 5) is 11.8. The molecular formula is C12H15ClN6OS. The number of tetrazole rings is 1. The third-order valence-electron chi connectivity index (χ3n) is 2.65. The maximum absolute atomic E-state index is 11.8. The number of hydrogen-bond donors (Lipinski definition) is 2. The van der Waals surface area contributed by atoms with Gasteiger partial charge in [0.25, 0.3) is 0 Å². The minimum Gasteiger partial charge on any atom is -0.397 e. The van der Waals surface area contributed by atoms with Crippen molar-refractivity contribution in [2.24, 2.45) is 7.05 Å². The average molecular weight is 327 g/mol. The molecule has 0 fully saturated rings. The molecule has 21 heavy (non-hydrogen) atoms. The van der Waals surface area contributed by atoms with Crippen LogP contribution in [0.15, 0.2) is 23.4 Å². The van der Waals surface area contributed by atoms with E-state index in [-0.39, 0.29) is 5.91 Å². The van der Waals surface area contributed by atoms with Gasteiger partial charge in [-0.2, -0.15) is 0 Å². The second-order valence-electron chi connectivity index (χ2n) is 4.32. The zero-order valence-corrected chi connectivity index (χ0v) is 13.0. The molecule has 1 aromatic carbocycles. The lowest BCUT2D eigenvalue weighted by molar-refractivity contribution is -0.116. The van der Waals surface area contributed by atoms with Crippen molar-refractivity contribution in [1.82, 2.24) is 20.2 Å². The molecule has 0 aliphatic rings. The molecule has 1 amide bonds. The van der Waals surface area contributed by atoms with Gasteiger partial charge in [0, 0.05) is 24.2 Å². The number of anilines is 2. The Kier molecular flexibility index (Phi) is 5.40. The Bertz CT molecular complexity index is 632. The molecule has 0 saturated heterocycles. The highest BCUT2D eigenvalue weighted by Gasteiger charge is 2.07. The summed E-state index contributed by atoms with van der Waals surface area (Å²) < 4.78 is 1.59. The average Bonchev–Trinajstić information content (AvgIpc) is 2.84. The van der Waals surface area contributed by atoms with Gasteiger partial charge in [0.1, 0.15) is 0 Å². The van der Waals surface area contributed by atoms with Crippen LogP contribution in [0.2, 0.25) is 5.02 Å². The Morgan fingerprint density at radius 1 is 1.52 bits per heavy atom. The highest BCUT2D eigenvalue weighted by Crippen LogP contribution is 2.23. The predicted molar refractivity (Wildman–Crippen MR) is 83.3 cm³/mol. The number of aryl methyl sites for hydroxylation is 1. The lowest BCUT2D eigenvalue weighted by Crippen LogP contribution is -2.12. The van der Waals surface area contributed by atoms with Crippen LogP contribution in [0, 0.1) is 0 Å². The topological polar surface area (TPSA) is 98.7 Å². The SMILES string of the molecule is Cn1nnnc1SCCCC(=O)Nc1cc(Cl)ccc1N. The number of benzene rings is 1. The number of rotatable bonds is 6. The van der Waals surface area contributed by atoms with Crippen LogP contribution in [-0.2, 0) is 11.8 Å². The number of hydrogen-bond acceptors (Lipinski definition) is 6. The largest absolute Gasteiger partial charge is 0.397 e. The van der Waals surface area contributed by atoms with Crippen LogP contribution in [-0.4, -0.2) is 31.9 Å². The third kappa shape index (κ3) is 4.61. The smallest absolute Gasteiger partial charge is 0.224 e. The molecule has 0 unspecified atom stereocenters. The molecule has 2 aromatic rings. The van der Waals surface area contributed by atoms with Crippen LogP contribution in [0.5, 0.6) is 0 Å². The Balaban J connectivity index is 1.75. The van der Waals surface area contributed by atoms with Gasteiger partial charge < -0.3 is 11.1 Å². The van der Waals surface area contributed by atoms with Crippen LogP contribution in [0.4, 0.5) is 11.4 Å². The summed E-state index contributed by atoms with van der Waals surface area (Å²) in [5.74, 6) is 0.660. The molecule has 1 heterocycles. The molecule has 0 spiro atoms. The number of nitrogen functional groups attached to an aromatic ring is 1. The van der Waals surface area contributed by atoms with E-state index in [1.54, 1.807) is 29.9 Å². The van der Waals surface area contributed by atoms with E-state index in [1.807, 2.05) is 0 Å². The summed E-state index contributed by atoms with van der Waals surface area (Å²) in [5.41, 5.74) is 6.80. The number of nitrogens with one attached hydrogen (secondary N) is 1. The van der Waals surface area contributed by atoms with Gasteiger partial charge in [0.15, 0.2) is 0 Å². The highest BCUT2D eigenvalue weighted by atomic mass is 35.5. The Hall–Kier alpha value is -1.80. The maximum Gasteiger partial charge on any atom is 0.224 e. The van der Waals surface area contributed by atoms with Crippen LogP contribution in [0.3, 0.4) is 0 Å².